The quantitative estimate of drug-likeness (QED) is 0.759. The lowest BCUT2D eigenvalue weighted by Gasteiger charge is -2.12. The Morgan fingerprint density at radius 3 is 2.33 bits per heavy atom. The molecule has 0 aliphatic heterocycles. The molecule has 6 heteroatoms. The van der Waals surface area contributed by atoms with Crippen molar-refractivity contribution >= 4 is 0 Å². The van der Waals surface area contributed by atoms with Crippen molar-refractivity contribution in [3.8, 4) is 17.1 Å². The highest BCUT2D eigenvalue weighted by Gasteiger charge is 2.30. The summed E-state index contributed by atoms with van der Waals surface area (Å²) in [4.78, 5) is 4.30. The number of benzene rings is 2. The van der Waals surface area contributed by atoms with E-state index >= 15 is 0 Å². The van der Waals surface area contributed by atoms with Crippen molar-refractivity contribution in [3.63, 3.8) is 0 Å². The molecule has 1 aromatic heterocycles. The van der Waals surface area contributed by atoms with Crippen LogP contribution in [0.3, 0.4) is 0 Å². The monoisotopic (exact) mass is 332 g/mol. The van der Waals surface area contributed by atoms with Gasteiger partial charge in [-0.3, -0.25) is 0 Å². The summed E-state index contributed by atoms with van der Waals surface area (Å²) in [5, 5.41) is 9.93. The molecule has 0 unspecified atom stereocenters. The van der Waals surface area contributed by atoms with Gasteiger partial charge in [-0.25, -0.2) is 4.98 Å². The number of aryl methyl sites for hydroxylation is 1. The van der Waals surface area contributed by atoms with Crippen LogP contribution in [-0.4, -0.2) is 14.7 Å². The van der Waals surface area contributed by atoms with Gasteiger partial charge in [0.2, 0.25) is 0 Å². The lowest BCUT2D eigenvalue weighted by Crippen LogP contribution is -2.06. The Labute approximate surface area is 137 Å². The Bertz CT molecular complexity index is 851. The molecule has 0 saturated heterocycles. The first-order chi connectivity index (χ1) is 11.4. The molecule has 0 spiro atoms. The second-order valence-electron chi connectivity index (χ2n) is 5.51. The third-order valence-electron chi connectivity index (χ3n) is 3.85. The van der Waals surface area contributed by atoms with Gasteiger partial charge in [0.25, 0.3) is 0 Å². The first-order valence-electron chi connectivity index (χ1n) is 7.33. The van der Waals surface area contributed by atoms with Gasteiger partial charge >= 0.3 is 6.18 Å². The number of hydrogen-bond donors (Lipinski definition) is 1. The molecule has 124 valence electrons. The minimum Gasteiger partial charge on any atom is -0.508 e. The largest absolute Gasteiger partial charge is 0.508 e. The van der Waals surface area contributed by atoms with Gasteiger partial charge in [0.15, 0.2) is 0 Å². The summed E-state index contributed by atoms with van der Waals surface area (Å²) < 4.78 is 39.9. The van der Waals surface area contributed by atoms with Crippen molar-refractivity contribution in [3.05, 3.63) is 71.5 Å². The van der Waals surface area contributed by atoms with Crippen LogP contribution in [0.2, 0.25) is 0 Å². The molecule has 3 nitrogen and oxygen atoms in total. The van der Waals surface area contributed by atoms with Gasteiger partial charge in [-0.2, -0.15) is 13.2 Å². The maximum Gasteiger partial charge on any atom is 0.416 e. The third kappa shape index (κ3) is 3.13. The number of rotatable bonds is 3. The highest BCUT2D eigenvalue weighted by Crippen LogP contribution is 2.31. The van der Waals surface area contributed by atoms with Crippen LogP contribution in [0.15, 0.2) is 54.7 Å². The molecule has 0 aliphatic carbocycles. The number of phenolic OH excluding ortho intramolecular Hbond substituents is 1. The molecular formula is C18H15F3N2O. The van der Waals surface area contributed by atoms with Gasteiger partial charge in [0.1, 0.15) is 11.6 Å². The lowest BCUT2D eigenvalue weighted by molar-refractivity contribution is -0.137. The van der Waals surface area contributed by atoms with E-state index in [2.05, 4.69) is 4.98 Å². The van der Waals surface area contributed by atoms with Crippen molar-refractivity contribution in [1.29, 1.82) is 0 Å². The van der Waals surface area contributed by atoms with E-state index in [0.717, 1.165) is 17.8 Å². The van der Waals surface area contributed by atoms with Crippen LogP contribution in [0.1, 0.15) is 16.8 Å². The summed E-state index contributed by atoms with van der Waals surface area (Å²) in [5.41, 5.74) is 1.47. The van der Waals surface area contributed by atoms with Gasteiger partial charge in [0.05, 0.1) is 12.1 Å². The number of phenols is 1. The van der Waals surface area contributed by atoms with Crippen LogP contribution in [0.25, 0.3) is 11.4 Å². The van der Waals surface area contributed by atoms with Crippen LogP contribution in [0.5, 0.6) is 5.75 Å². The van der Waals surface area contributed by atoms with Crippen LogP contribution < -0.4 is 0 Å². The van der Waals surface area contributed by atoms with E-state index in [4.69, 9.17) is 0 Å². The second kappa shape index (κ2) is 6.03. The van der Waals surface area contributed by atoms with E-state index in [0.29, 0.717) is 23.5 Å². The maximum atomic E-state index is 12.7. The fourth-order valence-corrected chi connectivity index (χ4v) is 2.51. The van der Waals surface area contributed by atoms with Crippen molar-refractivity contribution in [2.24, 2.45) is 0 Å². The molecule has 0 aliphatic rings. The van der Waals surface area contributed by atoms with Gasteiger partial charge in [-0.15, -0.1) is 0 Å². The molecule has 1 heterocycles. The van der Waals surface area contributed by atoms with Crippen LogP contribution >= 0.6 is 0 Å². The topological polar surface area (TPSA) is 38.0 Å². The zero-order chi connectivity index (χ0) is 17.3. The van der Waals surface area contributed by atoms with E-state index in [1.54, 1.807) is 24.4 Å². The molecule has 0 bridgehead atoms. The van der Waals surface area contributed by atoms with Gasteiger partial charge in [-0.1, -0.05) is 30.3 Å². The molecule has 0 amide bonds. The van der Waals surface area contributed by atoms with Crippen LogP contribution in [-0.2, 0) is 12.7 Å². The SMILES string of the molecule is Cc1cnc(-c2ccc(C(F)(F)F)cc2)n1Cc1ccccc1O. The zero-order valence-electron chi connectivity index (χ0n) is 12.9. The van der Waals surface area contributed by atoms with Crippen LogP contribution in [0, 0.1) is 6.92 Å². The summed E-state index contributed by atoms with van der Waals surface area (Å²) in [6, 6.07) is 11.9. The Hall–Kier alpha value is -2.76. The van der Waals surface area contributed by atoms with Crippen LogP contribution in [0.4, 0.5) is 13.2 Å². The van der Waals surface area contributed by atoms with Gasteiger partial charge in [0, 0.05) is 23.0 Å². The second-order valence-corrected chi connectivity index (χ2v) is 5.51. The Morgan fingerprint density at radius 1 is 1.04 bits per heavy atom. The molecule has 0 saturated carbocycles. The Morgan fingerprint density at radius 2 is 1.71 bits per heavy atom. The van der Waals surface area contributed by atoms with Gasteiger partial charge in [-0.05, 0) is 25.1 Å². The van der Waals surface area contributed by atoms with E-state index < -0.39 is 11.7 Å². The first kappa shape index (κ1) is 16.1. The lowest BCUT2D eigenvalue weighted by atomic mass is 10.1. The summed E-state index contributed by atoms with van der Waals surface area (Å²) >= 11 is 0. The number of hydrogen-bond acceptors (Lipinski definition) is 2. The number of alkyl halides is 3. The standard InChI is InChI=1S/C18H15F3N2O/c1-12-10-22-17(13-6-8-15(9-7-13)18(19,20)21)23(12)11-14-4-2-3-5-16(14)24/h2-10,24H,11H2,1H3. The number of imidazole rings is 1. The van der Waals surface area contributed by atoms with Crippen molar-refractivity contribution in [2.75, 3.05) is 0 Å². The molecule has 0 atom stereocenters. The van der Waals surface area contributed by atoms with E-state index in [9.17, 15) is 18.3 Å². The third-order valence-corrected chi connectivity index (χ3v) is 3.85. The summed E-state index contributed by atoms with van der Waals surface area (Å²) in [6.45, 7) is 2.25. The summed E-state index contributed by atoms with van der Waals surface area (Å²) in [7, 11) is 0. The van der Waals surface area contributed by atoms with E-state index in [1.165, 1.54) is 12.1 Å². The molecule has 2 aromatic carbocycles. The Kier molecular flexibility index (Phi) is 4.05. The molecule has 0 radical (unpaired) electrons. The molecule has 3 rings (SSSR count). The highest BCUT2D eigenvalue weighted by atomic mass is 19.4. The Balaban J connectivity index is 1.97. The number of nitrogens with zero attached hydrogens (tertiary/aromatic N) is 2. The number of aromatic nitrogens is 2. The first-order valence-corrected chi connectivity index (χ1v) is 7.33. The summed E-state index contributed by atoms with van der Waals surface area (Å²) in [6.07, 6.45) is -2.70. The summed E-state index contributed by atoms with van der Waals surface area (Å²) in [5.74, 6) is 0.730. The predicted octanol–water partition coefficient (Wildman–Crippen LogP) is 4.63. The number of para-hydroxylation sites is 1. The number of aromatic hydroxyl groups is 1. The smallest absolute Gasteiger partial charge is 0.416 e. The van der Waals surface area contributed by atoms with E-state index in [1.807, 2.05) is 17.6 Å². The average molecular weight is 332 g/mol. The highest BCUT2D eigenvalue weighted by molar-refractivity contribution is 5.57. The molecule has 24 heavy (non-hydrogen) atoms. The van der Waals surface area contributed by atoms with E-state index in [-0.39, 0.29) is 5.75 Å². The van der Waals surface area contributed by atoms with Crippen molar-refractivity contribution in [2.45, 2.75) is 19.6 Å². The molecular weight excluding hydrogens is 317 g/mol. The zero-order valence-corrected chi connectivity index (χ0v) is 12.9. The molecule has 0 fully saturated rings. The fraction of sp³-hybridized carbons (Fsp3) is 0.167. The van der Waals surface area contributed by atoms with Gasteiger partial charge < -0.3 is 9.67 Å². The fourth-order valence-electron chi connectivity index (χ4n) is 2.51. The predicted molar refractivity (Wildman–Crippen MR) is 84.6 cm³/mol. The number of halogens is 3. The minimum atomic E-state index is -4.36. The van der Waals surface area contributed by atoms with Crippen molar-refractivity contribution < 1.29 is 18.3 Å². The maximum absolute atomic E-state index is 12.7. The molecule has 3 aromatic rings. The van der Waals surface area contributed by atoms with Crippen molar-refractivity contribution in [1.82, 2.24) is 9.55 Å². The minimum absolute atomic E-state index is 0.170. The molecule has 1 N–H and O–H groups in total. The average Bonchev–Trinajstić information content (AvgIpc) is 2.90. The normalized spacial score (nSPS) is 11.7.